The second-order valence-electron chi connectivity index (χ2n) is 4.98. The zero-order chi connectivity index (χ0) is 16.5. The fourth-order valence-corrected chi connectivity index (χ4v) is 2.15. The second kappa shape index (κ2) is 9.92. The summed E-state index contributed by atoms with van der Waals surface area (Å²) in [5.74, 6) is 0. The minimum atomic E-state index is 0. The summed E-state index contributed by atoms with van der Waals surface area (Å²) < 4.78 is 0. The predicted octanol–water partition coefficient (Wildman–Crippen LogP) is 4.72. The van der Waals surface area contributed by atoms with Crippen LogP contribution in [0.4, 0.5) is 0 Å². The zero-order valence-electron chi connectivity index (χ0n) is 13.8. The molecule has 4 aromatic rings. The quantitative estimate of drug-likeness (QED) is 0.395. The summed E-state index contributed by atoms with van der Waals surface area (Å²) in [5, 5.41) is 0. The van der Waals surface area contributed by atoms with E-state index in [2.05, 4.69) is 22.1 Å². The standard InChI is InChI=1S/2C11H8N.Be/c2*1-2-6-10(7-3-1)11-8-4-5-9-12-11;/h2*1-6,8-9H;/q2*-1;+2. The molecule has 0 unspecified atom stereocenters. The zero-order valence-corrected chi connectivity index (χ0v) is 13.8. The molecule has 0 saturated heterocycles. The average molecular weight is 317 g/mol. The van der Waals surface area contributed by atoms with Crippen molar-refractivity contribution in [1.29, 1.82) is 0 Å². The average Bonchev–Trinajstić information content (AvgIpc) is 2.71. The number of aromatic nitrogens is 2. The Morgan fingerprint density at radius 3 is 1.28 bits per heavy atom. The van der Waals surface area contributed by atoms with Gasteiger partial charge in [-0.3, -0.25) is 0 Å². The Morgan fingerprint density at radius 2 is 0.960 bits per heavy atom. The second-order valence-corrected chi connectivity index (χ2v) is 4.98. The van der Waals surface area contributed by atoms with Crippen LogP contribution in [0.5, 0.6) is 0 Å². The molecule has 0 aliphatic heterocycles. The molecule has 0 radical (unpaired) electrons. The Hall–Kier alpha value is -3.09. The van der Waals surface area contributed by atoms with Gasteiger partial charge in [0.05, 0.1) is 0 Å². The topological polar surface area (TPSA) is 25.8 Å². The van der Waals surface area contributed by atoms with Crippen molar-refractivity contribution >= 4 is 10.1 Å². The molecule has 0 spiro atoms. The van der Waals surface area contributed by atoms with Crippen molar-refractivity contribution < 1.29 is 0 Å². The number of pyridine rings is 2. The summed E-state index contributed by atoms with van der Waals surface area (Å²) >= 11 is 0. The molecular weight excluding hydrogens is 301 g/mol. The number of hydrogen-bond acceptors (Lipinski definition) is 2. The first kappa shape index (κ1) is 18.3. The molecule has 2 aromatic heterocycles. The van der Waals surface area contributed by atoms with Gasteiger partial charge in [-0.1, -0.05) is 24.3 Å². The van der Waals surface area contributed by atoms with E-state index >= 15 is 0 Å². The summed E-state index contributed by atoms with van der Waals surface area (Å²) in [4.78, 5) is 8.44. The molecule has 0 bridgehead atoms. The van der Waals surface area contributed by atoms with E-state index in [9.17, 15) is 0 Å². The van der Waals surface area contributed by atoms with Crippen molar-refractivity contribution in [3.8, 4) is 22.5 Å². The summed E-state index contributed by atoms with van der Waals surface area (Å²) in [6.07, 6.45) is 3.58. The minimum Gasteiger partial charge on any atom is -0.305 e. The largest absolute Gasteiger partial charge is 2.00 e. The van der Waals surface area contributed by atoms with Crippen LogP contribution in [0.25, 0.3) is 22.5 Å². The molecule has 0 aliphatic carbocycles. The van der Waals surface area contributed by atoms with Crippen molar-refractivity contribution in [3.05, 3.63) is 109 Å². The van der Waals surface area contributed by atoms with Gasteiger partial charge in [-0.25, -0.2) is 0 Å². The van der Waals surface area contributed by atoms with Crippen molar-refractivity contribution in [2.75, 3.05) is 0 Å². The van der Waals surface area contributed by atoms with Crippen LogP contribution in [-0.4, -0.2) is 20.1 Å². The molecule has 2 heterocycles. The maximum absolute atomic E-state index is 4.22. The molecule has 0 amide bonds. The maximum atomic E-state index is 4.22. The molecule has 2 aromatic carbocycles. The van der Waals surface area contributed by atoms with Gasteiger partial charge in [0.25, 0.3) is 0 Å². The van der Waals surface area contributed by atoms with Gasteiger partial charge in [-0.2, -0.15) is 0 Å². The van der Waals surface area contributed by atoms with Crippen LogP contribution in [-0.2, 0) is 0 Å². The van der Waals surface area contributed by atoms with Crippen LogP contribution in [0.15, 0.2) is 97.3 Å². The van der Waals surface area contributed by atoms with Gasteiger partial charge >= 0.3 is 10.1 Å². The van der Waals surface area contributed by atoms with Crippen molar-refractivity contribution in [3.63, 3.8) is 0 Å². The summed E-state index contributed by atoms with van der Waals surface area (Å²) in [6.45, 7) is 0. The molecule has 4 rings (SSSR count). The molecule has 3 heteroatoms. The third-order valence-corrected chi connectivity index (χ3v) is 3.30. The Bertz CT molecular complexity index is 686. The van der Waals surface area contributed by atoms with Crippen molar-refractivity contribution in [1.82, 2.24) is 9.97 Å². The monoisotopic (exact) mass is 317 g/mol. The van der Waals surface area contributed by atoms with Gasteiger partial charge in [-0.05, 0) is 23.5 Å². The van der Waals surface area contributed by atoms with Gasteiger partial charge in [0, 0.05) is 12.4 Å². The molecule has 116 valence electrons. The normalized spacial score (nSPS) is 9.28. The Kier molecular flexibility index (Phi) is 7.24. The molecule has 0 aliphatic rings. The number of benzene rings is 2. The van der Waals surface area contributed by atoms with Crippen LogP contribution >= 0.6 is 0 Å². The van der Waals surface area contributed by atoms with E-state index in [0.29, 0.717) is 0 Å². The van der Waals surface area contributed by atoms with Gasteiger partial charge in [-0.15, -0.1) is 71.8 Å². The van der Waals surface area contributed by atoms with Gasteiger partial charge in [0.2, 0.25) is 0 Å². The SMILES string of the molecule is [Be+2].[c-]1ccccc1-c1ccccn1.[c-]1ccccc1-c1ccccn1. The first-order valence-corrected chi connectivity index (χ1v) is 7.70. The van der Waals surface area contributed by atoms with E-state index in [1.807, 2.05) is 84.9 Å². The predicted molar refractivity (Wildman–Crippen MR) is 103 cm³/mol. The van der Waals surface area contributed by atoms with Crippen LogP contribution in [0.3, 0.4) is 0 Å². The van der Waals surface area contributed by atoms with E-state index in [1.165, 1.54) is 0 Å². The van der Waals surface area contributed by atoms with E-state index < -0.39 is 0 Å². The molecule has 0 saturated carbocycles. The Morgan fingerprint density at radius 1 is 0.520 bits per heavy atom. The first-order chi connectivity index (χ1) is 11.9. The minimum absolute atomic E-state index is 0. The fourth-order valence-electron chi connectivity index (χ4n) is 2.15. The molecule has 0 atom stereocenters. The van der Waals surface area contributed by atoms with E-state index in [-0.39, 0.29) is 10.1 Å². The Labute approximate surface area is 152 Å². The van der Waals surface area contributed by atoms with Crippen LogP contribution in [0, 0.1) is 12.1 Å². The van der Waals surface area contributed by atoms with Crippen LogP contribution in [0.2, 0.25) is 0 Å². The molecule has 2 nitrogen and oxygen atoms in total. The fraction of sp³-hybridized carbons (Fsp3) is 0. The van der Waals surface area contributed by atoms with Gasteiger partial charge in [0.15, 0.2) is 0 Å². The Balaban J connectivity index is 0.000000173. The summed E-state index contributed by atoms with van der Waals surface area (Å²) in [6, 6.07) is 33.6. The van der Waals surface area contributed by atoms with Crippen molar-refractivity contribution in [2.45, 2.75) is 0 Å². The number of hydrogen-bond donors (Lipinski definition) is 0. The third kappa shape index (κ3) is 5.49. The number of rotatable bonds is 2. The summed E-state index contributed by atoms with van der Waals surface area (Å²) in [5.41, 5.74) is 4.02. The maximum Gasteiger partial charge on any atom is 2.00 e. The molecule has 0 N–H and O–H groups in total. The van der Waals surface area contributed by atoms with Crippen molar-refractivity contribution in [2.24, 2.45) is 0 Å². The van der Waals surface area contributed by atoms with E-state index in [4.69, 9.17) is 0 Å². The summed E-state index contributed by atoms with van der Waals surface area (Å²) in [7, 11) is 0. The molecular formula is C22H16BeN2. The van der Waals surface area contributed by atoms with E-state index in [1.54, 1.807) is 12.4 Å². The smallest absolute Gasteiger partial charge is 0.305 e. The van der Waals surface area contributed by atoms with Crippen LogP contribution < -0.4 is 0 Å². The van der Waals surface area contributed by atoms with Crippen LogP contribution in [0.1, 0.15) is 0 Å². The van der Waals surface area contributed by atoms with Gasteiger partial charge < -0.3 is 9.97 Å². The third-order valence-electron chi connectivity index (χ3n) is 3.30. The van der Waals surface area contributed by atoms with E-state index in [0.717, 1.165) is 22.5 Å². The first-order valence-electron chi connectivity index (χ1n) is 7.70. The number of nitrogens with zero attached hydrogens (tertiary/aromatic N) is 2. The molecule has 25 heavy (non-hydrogen) atoms. The molecule has 0 fully saturated rings. The van der Waals surface area contributed by atoms with Gasteiger partial charge in [0.1, 0.15) is 0 Å².